The van der Waals surface area contributed by atoms with Crippen molar-refractivity contribution in [3.05, 3.63) is 35.9 Å². The maximum absolute atomic E-state index is 13.0. The van der Waals surface area contributed by atoms with E-state index in [0.29, 0.717) is 15.8 Å². The summed E-state index contributed by atoms with van der Waals surface area (Å²) in [5.41, 5.74) is 19.8. The largest absolute Gasteiger partial charge is 0.391 e. The van der Waals surface area contributed by atoms with Crippen LogP contribution in [0.25, 0.3) is 21.3 Å². The lowest BCUT2D eigenvalue weighted by Crippen LogP contribution is -2.31. The number of hydrazone groups is 1. The molecule has 1 aromatic heterocycles. The summed E-state index contributed by atoms with van der Waals surface area (Å²) < 4.78 is 52.0. The summed E-state index contributed by atoms with van der Waals surface area (Å²) in [5.74, 6) is 3.94. The molecule has 13 nitrogen and oxygen atoms in total. The Hall–Kier alpha value is -2.86. The molecule has 1 heterocycles. The van der Waals surface area contributed by atoms with E-state index in [1.165, 1.54) is 17.4 Å². The molecule has 0 saturated heterocycles. The number of amidine groups is 1. The Labute approximate surface area is 193 Å². The number of benzene rings is 2. The number of rotatable bonds is 8. The van der Waals surface area contributed by atoms with Crippen molar-refractivity contribution in [2.24, 2.45) is 27.6 Å². The van der Waals surface area contributed by atoms with Crippen LogP contribution in [0.15, 0.2) is 45.2 Å². The molecule has 1 atom stereocenters. The lowest BCUT2D eigenvalue weighted by molar-refractivity contribution is 0.205. The van der Waals surface area contributed by atoms with Crippen LogP contribution in [0.5, 0.6) is 0 Å². The van der Waals surface area contributed by atoms with E-state index in [0.717, 1.165) is 6.07 Å². The van der Waals surface area contributed by atoms with Gasteiger partial charge in [0.2, 0.25) is 10.0 Å². The van der Waals surface area contributed by atoms with Crippen molar-refractivity contribution >= 4 is 52.4 Å². The molecule has 33 heavy (non-hydrogen) atoms. The maximum atomic E-state index is 13.0. The number of hydrazine groups is 1. The molecule has 0 saturated carbocycles. The monoisotopic (exact) mass is 514 g/mol. The molecule has 178 valence electrons. The van der Waals surface area contributed by atoms with Gasteiger partial charge in [0.05, 0.1) is 27.0 Å². The number of hydrogen-bond acceptors (Lipinski definition) is 12. The molecule has 16 heteroatoms. The molecule has 0 aliphatic heterocycles. The minimum atomic E-state index is -4.70. The Morgan fingerprint density at radius 3 is 2.48 bits per heavy atom. The number of nitrogens with one attached hydrogen (secondary N) is 1. The number of thiazole rings is 1. The number of aromatic nitrogens is 1. The first-order valence-corrected chi connectivity index (χ1v) is 13.2. The number of nitrogen functional groups attached to an aromatic ring is 1. The number of nitrogens with zero attached hydrogens (tertiary/aromatic N) is 2. The predicted octanol–water partition coefficient (Wildman–Crippen LogP) is -1.63. The molecular formula is C17H22N8O5S3. The fourth-order valence-corrected chi connectivity index (χ4v) is 7.11. The normalized spacial score (nSPS) is 13.9. The minimum Gasteiger partial charge on any atom is -0.391 e. The number of aliphatic hydroxyl groups excluding tert-OH is 1. The summed E-state index contributed by atoms with van der Waals surface area (Å²) in [6.45, 7) is -0.358. The van der Waals surface area contributed by atoms with Gasteiger partial charge in [-0.2, -0.15) is 0 Å². The molecule has 0 aliphatic rings. The summed E-state index contributed by atoms with van der Waals surface area (Å²) in [7, 11) is -9.07. The molecular weight excluding hydrogens is 492 g/mol. The molecule has 0 amide bonds. The van der Waals surface area contributed by atoms with Gasteiger partial charge in [0.15, 0.2) is 20.8 Å². The number of sulfonamides is 1. The highest BCUT2D eigenvalue weighted by Crippen LogP contribution is 2.38. The van der Waals surface area contributed by atoms with Gasteiger partial charge in [0.25, 0.3) is 0 Å². The van der Waals surface area contributed by atoms with Crippen LogP contribution in [-0.4, -0.2) is 51.2 Å². The fourth-order valence-electron chi connectivity index (χ4n) is 3.29. The van der Waals surface area contributed by atoms with Gasteiger partial charge in [-0.15, -0.1) is 5.10 Å². The van der Waals surface area contributed by atoms with Gasteiger partial charge in [-0.1, -0.05) is 29.5 Å². The lowest BCUT2D eigenvalue weighted by atomic mass is 9.98. The lowest BCUT2D eigenvalue weighted by Gasteiger charge is -2.18. The molecule has 1 unspecified atom stereocenters. The van der Waals surface area contributed by atoms with Crippen molar-refractivity contribution < 1.29 is 21.9 Å². The number of primary sulfonamides is 1. The SMILES string of the molecule is NCC(O)CS(=O)(=O)c1ccc(-c2cccc3sc(N)nc23)c(/C(N)=N/NN)c1S(N)(=O)=O. The first kappa shape index (κ1) is 24.8. The molecule has 0 spiro atoms. The van der Waals surface area contributed by atoms with Crippen molar-refractivity contribution in [1.82, 2.24) is 10.5 Å². The summed E-state index contributed by atoms with van der Waals surface area (Å²) in [4.78, 5) is 2.80. The van der Waals surface area contributed by atoms with E-state index in [1.807, 2.05) is 5.53 Å². The van der Waals surface area contributed by atoms with Crippen LogP contribution in [0.1, 0.15) is 5.56 Å². The van der Waals surface area contributed by atoms with Crippen LogP contribution in [-0.2, 0) is 19.9 Å². The molecule has 0 fully saturated rings. The number of hydrogen-bond donors (Lipinski definition) is 7. The average Bonchev–Trinajstić information content (AvgIpc) is 3.12. The topological polar surface area (TPSA) is 256 Å². The van der Waals surface area contributed by atoms with Crippen molar-refractivity contribution in [3.63, 3.8) is 0 Å². The molecule has 3 rings (SSSR count). The van der Waals surface area contributed by atoms with Gasteiger partial charge >= 0.3 is 0 Å². The fraction of sp³-hybridized carbons (Fsp3) is 0.176. The van der Waals surface area contributed by atoms with E-state index in [4.69, 9.17) is 28.2 Å². The second-order valence-electron chi connectivity index (χ2n) is 6.86. The van der Waals surface area contributed by atoms with Gasteiger partial charge in [0, 0.05) is 17.7 Å². The van der Waals surface area contributed by atoms with Crippen LogP contribution in [0.2, 0.25) is 0 Å². The van der Waals surface area contributed by atoms with Gasteiger partial charge in [0.1, 0.15) is 4.90 Å². The third-order valence-corrected chi connectivity index (χ3v) is 8.40. The highest BCUT2D eigenvalue weighted by Gasteiger charge is 2.32. The molecule has 0 bridgehead atoms. The highest BCUT2D eigenvalue weighted by atomic mass is 32.2. The molecule has 3 aromatic rings. The van der Waals surface area contributed by atoms with Crippen LogP contribution in [0.3, 0.4) is 0 Å². The zero-order chi connectivity index (χ0) is 24.6. The second kappa shape index (κ2) is 9.18. The molecule has 0 radical (unpaired) electrons. The molecule has 0 aliphatic carbocycles. The zero-order valence-electron chi connectivity index (χ0n) is 17.0. The van der Waals surface area contributed by atoms with Crippen LogP contribution in [0, 0.1) is 0 Å². The summed E-state index contributed by atoms with van der Waals surface area (Å²) in [5, 5.41) is 19.1. The summed E-state index contributed by atoms with van der Waals surface area (Å²) in [6, 6.07) is 7.48. The minimum absolute atomic E-state index is 0.171. The van der Waals surface area contributed by atoms with E-state index in [9.17, 15) is 21.9 Å². The first-order chi connectivity index (χ1) is 15.4. The van der Waals surface area contributed by atoms with Crippen LogP contribution >= 0.6 is 11.3 Å². The van der Waals surface area contributed by atoms with E-state index < -0.39 is 47.3 Å². The first-order valence-electron chi connectivity index (χ1n) is 9.16. The smallest absolute Gasteiger partial charge is 0.240 e. The quantitative estimate of drug-likeness (QED) is 0.0776. The summed E-state index contributed by atoms with van der Waals surface area (Å²) >= 11 is 1.21. The maximum Gasteiger partial charge on any atom is 0.240 e. The van der Waals surface area contributed by atoms with Crippen molar-refractivity contribution in [3.8, 4) is 11.1 Å². The van der Waals surface area contributed by atoms with Crippen LogP contribution < -0.4 is 33.7 Å². The molecule has 12 N–H and O–H groups in total. The van der Waals surface area contributed by atoms with Crippen molar-refractivity contribution in [2.45, 2.75) is 15.9 Å². The van der Waals surface area contributed by atoms with E-state index >= 15 is 0 Å². The van der Waals surface area contributed by atoms with Gasteiger partial charge in [-0.05, 0) is 17.7 Å². The van der Waals surface area contributed by atoms with Crippen LogP contribution in [0.4, 0.5) is 5.13 Å². The Morgan fingerprint density at radius 2 is 1.88 bits per heavy atom. The van der Waals surface area contributed by atoms with Gasteiger partial charge < -0.3 is 22.3 Å². The van der Waals surface area contributed by atoms with Crippen molar-refractivity contribution in [1.29, 1.82) is 0 Å². The average molecular weight is 515 g/mol. The highest BCUT2D eigenvalue weighted by molar-refractivity contribution is 7.93. The number of sulfone groups is 1. The Balaban J connectivity index is 2.48. The Morgan fingerprint density at radius 1 is 1.18 bits per heavy atom. The Kier molecular flexibility index (Phi) is 6.89. The van der Waals surface area contributed by atoms with E-state index in [1.54, 1.807) is 18.2 Å². The standard InChI is InChI=1S/C17H22N8O5S3/c18-6-8(26)7-32(27,28)12-5-4-9(10-2-1-3-11-14(10)23-17(20)31-11)13(16(19)24-25-21)15(12)33(22,29)30/h1-5,8,25-26H,6-7,18,21H2,(H2,19,24)(H2,20,23)(H2,22,29,30). The third kappa shape index (κ3) is 4.91. The van der Waals surface area contributed by atoms with Crippen molar-refractivity contribution in [2.75, 3.05) is 18.0 Å². The Bertz CT molecular complexity index is 1450. The predicted molar refractivity (Wildman–Crippen MR) is 126 cm³/mol. The number of nitrogens with two attached hydrogens (primary N) is 5. The second-order valence-corrected chi connectivity index (χ2v) is 11.4. The number of para-hydroxylation sites is 1. The third-order valence-electron chi connectivity index (χ3n) is 4.59. The van der Waals surface area contributed by atoms with Gasteiger partial charge in [-0.3, -0.25) is 0 Å². The van der Waals surface area contributed by atoms with Gasteiger partial charge in [-0.25, -0.2) is 38.3 Å². The van der Waals surface area contributed by atoms with E-state index in [2.05, 4.69) is 10.1 Å². The number of anilines is 1. The van der Waals surface area contributed by atoms with E-state index in [-0.39, 0.29) is 22.8 Å². The number of aliphatic hydroxyl groups is 1. The zero-order valence-corrected chi connectivity index (χ0v) is 19.4. The summed E-state index contributed by atoms with van der Waals surface area (Å²) in [6.07, 6.45) is -1.44. The number of fused-ring (bicyclic) bond motifs is 1. The molecule has 2 aromatic carbocycles.